The summed E-state index contributed by atoms with van der Waals surface area (Å²) < 4.78 is 5.03. The van der Waals surface area contributed by atoms with Gasteiger partial charge >= 0.3 is 0 Å². The van der Waals surface area contributed by atoms with E-state index < -0.39 is 0 Å². The van der Waals surface area contributed by atoms with Gasteiger partial charge in [-0.3, -0.25) is 0 Å². The van der Waals surface area contributed by atoms with Crippen LogP contribution in [0, 0.1) is 0 Å². The first-order valence-corrected chi connectivity index (χ1v) is 8.38. The molecule has 3 nitrogen and oxygen atoms in total. The van der Waals surface area contributed by atoms with Crippen LogP contribution in [0.4, 0.5) is 5.69 Å². The van der Waals surface area contributed by atoms with Crippen LogP contribution in [0.5, 0.6) is 0 Å². The molecule has 0 amide bonds. The monoisotopic (exact) mass is 310 g/mol. The minimum atomic E-state index is 0.665. The molecule has 21 heavy (non-hydrogen) atoms. The predicted octanol–water partition coefficient (Wildman–Crippen LogP) is 3.84. The van der Waals surface area contributed by atoms with Crippen LogP contribution in [0.3, 0.4) is 0 Å². The SMILES string of the molecule is CCN(c1ccc(CNCCOC)cc1Cl)C1CCCC1. The second-order valence-electron chi connectivity index (χ2n) is 5.68. The highest BCUT2D eigenvalue weighted by Gasteiger charge is 2.23. The van der Waals surface area contributed by atoms with Crippen LogP contribution in [0.1, 0.15) is 38.2 Å². The Balaban J connectivity index is 2.00. The van der Waals surface area contributed by atoms with Gasteiger partial charge in [-0.15, -0.1) is 0 Å². The Bertz CT molecular complexity index is 433. The van der Waals surface area contributed by atoms with Gasteiger partial charge < -0.3 is 15.0 Å². The molecule has 0 spiro atoms. The highest BCUT2D eigenvalue weighted by molar-refractivity contribution is 6.33. The van der Waals surface area contributed by atoms with Crippen LogP contribution < -0.4 is 10.2 Å². The van der Waals surface area contributed by atoms with Crippen LogP contribution in [-0.4, -0.2) is 32.8 Å². The Hall–Kier alpha value is -0.770. The zero-order valence-electron chi connectivity index (χ0n) is 13.2. The number of anilines is 1. The average molecular weight is 311 g/mol. The van der Waals surface area contributed by atoms with Crippen LogP contribution in [0.25, 0.3) is 0 Å². The molecular formula is C17H27ClN2O. The summed E-state index contributed by atoms with van der Waals surface area (Å²) in [4.78, 5) is 2.47. The number of nitrogens with one attached hydrogen (secondary N) is 1. The molecule has 0 aromatic heterocycles. The minimum Gasteiger partial charge on any atom is -0.383 e. The summed E-state index contributed by atoms with van der Waals surface area (Å²) in [6, 6.07) is 7.11. The number of rotatable bonds is 8. The molecule has 0 radical (unpaired) electrons. The second-order valence-corrected chi connectivity index (χ2v) is 6.09. The molecule has 0 saturated heterocycles. The predicted molar refractivity (Wildman–Crippen MR) is 90.3 cm³/mol. The maximum Gasteiger partial charge on any atom is 0.0642 e. The van der Waals surface area contributed by atoms with E-state index in [1.54, 1.807) is 7.11 Å². The Kier molecular flexibility index (Phi) is 6.81. The number of methoxy groups -OCH3 is 1. The summed E-state index contributed by atoms with van der Waals surface area (Å²) in [5.74, 6) is 0. The van der Waals surface area contributed by atoms with Gasteiger partial charge in [0.1, 0.15) is 0 Å². The van der Waals surface area contributed by atoms with E-state index >= 15 is 0 Å². The lowest BCUT2D eigenvalue weighted by atomic mass is 10.1. The summed E-state index contributed by atoms with van der Waals surface area (Å²) in [7, 11) is 1.72. The first-order valence-electron chi connectivity index (χ1n) is 8.01. The molecule has 1 aliphatic carbocycles. The van der Waals surface area contributed by atoms with E-state index in [0.717, 1.165) is 31.3 Å². The van der Waals surface area contributed by atoms with E-state index in [9.17, 15) is 0 Å². The first kappa shape index (κ1) is 16.6. The molecule has 118 valence electrons. The lowest BCUT2D eigenvalue weighted by Gasteiger charge is -2.31. The number of benzene rings is 1. The molecule has 1 aliphatic rings. The highest BCUT2D eigenvalue weighted by atomic mass is 35.5. The molecule has 0 unspecified atom stereocenters. The fourth-order valence-corrected chi connectivity index (χ4v) is 3.45. The van der Waals surface area contributed by atoms with E-state index in [1.165, 1.54) is 36.9 Å². The van der Waals surface area contributed by atoms with E-state index in [2.05, 4.69) is 35.3 Å². The molecule has 0 heterocycles. The third kappa shape index (κ3) is 4.60. The van der Waals surface area contributed by atoms with E-state index in [-0.39, 0.29) is 0 Å². The summed E-state index contributed by atoms with van der Waals surface area (Å²) in [6.07, 6.45) is 5.29. The van der Waals surface area contributed by atoms with Crippen molar-refractivity contribution in [2.45, 2.75) is 45.2 Å². The number of ether oxygens (including phenoxy) is 1. The maximum absolute atomic E-state index is 6.53. The molecule has 1 saturated carbocycles. The van der Waals surface area contributed by atoms with Crippen molar-refractivity contribution in [1.82, 2.24) is 5.32 Å². The summed E-state index contributed by atoms with van der Waals surface area (Å²) >= 11 is 6.53. The number of halogens is 1. The van der Waals surface area contributed by atoms with E-state index in [0.29, 0.717) is 6.04 Å². The highest BCUT2D eigenvalue weighted by Crippen LogP contribution is 2.33. The van der Waals surface area contributed by atoms with Crippen LogP contribution >= 0.6 is 11.6 Å². The smallest absolute Gasteiger partial charge is 0.0642 e. The lowest BCUT2D eigenvalue weighted by Crippen LogP contribution is -2.33. The van der Waals surface area contributed by atoms with Crippen molar-refractivity contribution >= 4 is 17.3 Å². The van der Waals surface area contributed by atoms with Gasteiger partial charge in [0, 0.05) is 32.8 Å². The normalized spacial score (nSPS) is 15.6. The molecule has 0 bridgehead atoms. The summed E-state index contributed by atoms with van der Waals surface area (Å²) in [5, 5.41) is 4.22. The van der Waals surface area contributed by atoms with Crippen molar-refractivity contribution in [1.29, 1.82) is 0 Å². The molecule has 0 aliphatic heterocycles. The van der Waals surface area contributed by atoms with Gasteiger partial charge in [0.15, 0.2) is 0 Å². The Morgan fingerprint density at radius 3 is 2.71 bits per heavy atom. The second kappa shape index (κ2) is 8.62. The Morgan fingerprint density at radius 2 is 2.10 bits per heavy atom. The molecule has 1 aromatic rings. The Labute approximate surface area is 133 Å². The summed E-state index contributed by atoms with van der Waals surface area (Å²) in [5.41, 5.74) is 2.41. The Morgan fingerprint density at radius 1 is 1.33 bits per heavy atom. The van der Waals surface area contributed by atoms with Gasteiger partial charge in [-0.2, -0.15) is 0 Å². The quantitative estimate of drug-likeness (QED) is 0.738. The van der Waals surface area contributed by atoms with E-state index in [1.807, 2.05) is 0 Å². The average Bonchev–Trinajstić information content (AvgIpc) is 3.00. The van der Waals surface area contributed by atoms with Gasteiger partial charge in [0.05, 0.1) is 17.3 Å². The molecule has 1 aromatic carbocycles. The fourth-order valence-electron chi connectivity index (χ4n) is 3.14. The molecule has 1 fully saturated rings. The van der Waals surface area contributed by atoms with E-state index in [4.69, 9.17) is 16.3 Å². The summed E-state index contributed by atoms with van der Waals surface area (Å²) in [6.45, 7) is 5.67. The molecule has 0 atom stereocenters. The molecular weight excluding hydrogens is 284 g/mol. The minimum absolute atomic E-state index is 0.665. The van der Waals surface area contributed by atoms with Crippen molar-refractivity contribution in [3.05, 3.63) is 28.8 Å². The molecule has 2 rings (SSSR count). The van der Waals surface area contributed by atoms with Crippen molar-refractivity contribution in [2.75, 3.05) is 31.7 Å². The maximum atomic E-state index is 6.53. The van der Waals surface area contributed by atoms with Crippen molar-refractivity contribution in [3.63, 3.8) is 0 Å². The number of hydrogen-bond donors (Lipinski definition) is 1. The van der Waals surface area contributed by atoms with Crippen LogP contribution in [0.2, 0.25) is 5.02 Å². The van der Waals surface area contributed by atoms with Gasteiger partial charge in [-0.25, -0.2) is 0 Å². The van der Waals surface area contributed by atoms with Gasteiger partial charge in [-0.05, 0) is 37.5 Å². The molecule has 1 N–H and O–H groups in total. The third-order valence-corrected chi connectivity index (χ3v) is 4.54. The molecule has 4 heteroatoms. The van der Waals surface area contributed by atoms with Crippen molar-refractivity contribution < 1.29 is 4.74 Å². The van der Waals surface area contributed by atoms with Crippen molar-refractivity contribution in [2.24, 2.45) is 0 Å². The van der Waals surface area contributed by atoms with Gasteiger partial charge in [0.2, 0.25) is 0 Å². The van der Waals surface area contributed by atoms with Crippen molar-refractivity contribution in [3.8, 4) is 0 Å². The van der Waals surface area contributed by atoms with Crippen LogP contribution in [0.15, 0.2) is 18.2 Å². The first-order chi connectivity index (χ1) is 10.3. The van der Waals surface area contributed by atoms with Gasteiger partial charge in [-0.1, -0.05) is 30.5 Å². The zero-order chi connectivity index (χ0) is 15.1. The van der Waals surface area contributed by atoms with Crippen LogP contribution in [-0.2, 0) is 11.3 Å². The third-order valence-electron chi connectivity index (χ3n) is 4.24. The number of hydrogen-bond acceptors (Lipinski definition) is 3. The van der Waals surface area contributed by atoms with Gasteiger partial charge in [0.25, 0.3) is 0 Å². The number of nitrogens with zero attached hydrogens (tertiary/aromatic N) is 1. The largest absolute Gasteiger partial charge is 0.383 e. The fraction of sp³-hybridized carbons (Fsp3) is 0.647. The standard InChI is InChI=1S/C17H27ClN2O/c1-3-20(15-6-4-5-7-15)17-9-8-14(12-16(17)18)13-19-10-11-21-2/h8-9,12,15,19H,3-7,10-11,13H2,1-2H3. The topological polar surface area (TPSA) is 24.5 Å². The lowest BCUT2D eigenvalue weighted by molar-refractivity contribution is 0.199. The zero-order valence-corrected chi connectivity index (χ0v) is 14.0.